The lowest BCUT2D eigenvalue weighted by atomic mass is 9.84. The van der Waals surface area contributed by atoms with Crippen LogP contribution in [-0.2, 0) is 11.8 Å². The number of likely N-dealkylation sites (tertiary alicyclic amines) is 1. The summed E-state index contributed by atoms with van der Waals surface area (Å²) in [5, 5.41) is 2.42. The van der Waals surface area contributed by atoms with E-state index in [1.807, 2.05) is 0 Å². The molecule has 2 heterocycles. The van der Waals surface area contributed by atoms with Gasteiger partial charge in [0.1, 0.15) is 5.76 Å². The number of nitrogens with zero attached hydrogens (tertiary/aromatic N) is 1. The van der Waals surface area contributed by atoms with Crippen LogP contribution in [0, 0.1) is 0 Å². The highest BCUT2D eigenvalue weighted by Gasteiger charge is 2.29. The second-order valence-electron chi connectivity index (χ2n) is 8.12. The Bertz CT molecular complexity index is 721. The summed E-state index contributed by atoms with van der Waals surface area (Å²) < 4.78 is 5.33. The van der Waals surface area contributed by atoms with Crippen LogP contribution in [0.3, 0.4) is 0 Å². The molecule has 130 valence electrons. The Kier molecular flexibility index (Phi) is 4.68. The number of likely N-dealkylation sites (N-methyl/N-ethyl adjacent to an activating group) is 1. The standard InChI is InChI=1S/C20H28N2O2/c1-20(2,3)16-7-5-14(6-8-16)11-17-12-15(9-10-22(17)4)18-13-19(23)21-24-18/h5-8,13,15,17H,9-12H2,1-4H3,(H,21,23)/t15-,17+/m0/s1. The molecule has 1 aromatic heterocycles. The minimum atomic E-state index is -0.141. The summed E-state index contributed by atoms with van der Waals surface area (Å²) in [7, 11) is 2.19. The van der Waals surface area contributed by atoms with Gasteiger partial charge in [-0.3, -0.25) is 4.79 Å². The van der Waals surface area contributed by atoms with Crippen LogP contribution in [0.25, 0.3) is 0 Å². The van der Waals surface area contributed by atoms with Gasteiger partial charge in [-0.15, -0.1) is 0 Å². The number of hydrogen-bond acceptors (Lipinski definition) is 3. The van der Waals surface area contributed by atoms with E-state index in [-0.39, 0.29) is 11.0 Å². The van der Waals surface area contributed by atoms with Gasteiger partial charge in [-0.05, 0) is 49.4 Å². The summed E-state index contributed by atoms with van der Waals surface area (Å²) in [4.78, 5) is 13.8. The molecule has 0 amide bonds. The van der Waals surface area contributed by atoms with Gasteiger partial charge in [0.25, 0.3) is 5.56 Å². The minimum Gasteiger partial charge on any atom is -0.383 e. The van der Waals surface area contributed by atoms with Crippen LogP contribution >= 0.6 is 0 Å². The molecule has 4 nitrogen and oxygen atoms in total. The van der Waals surface area contributed by atoms with Crippen molar-refractivity contribution in [2.75, 3.05) is 13.6 Å². The fraction of sp³-hybridized carbons (Fsp3) is 0.550. The molecule has 1 aliphatic heterocycles. The van der Waals surface area contributed by atoms with Gasteiger partial charge in [0.05, 0.1) is 0 Å². The van der Waals surface area contributed by atoms with Crippen molar-refractivity contribution in [1.82, 2.24) is 10.1 Å². The number of aromatic amines is 1. The molecule has 0 spiro atoms. The van der Waals surface area contributed by atoms with Gasteiger partial charge in [-0.2, -0.15) is 5.16 Å². The second kappa shape index (κ2) is 6.60. The molecule has 2 aromatic rings. The smallest absolute Gasteiger partial charge is 0.280 e. The number of H-pyrrole nitrogens is 1. The highest BCUT2D eigenvalue weighted by atomic mass is 16.5. The highest BCUT2D eigenvalue weighted by Crippen LogP contribution is 2.32. The lowest BCUT2D eigenvalue weighted by Gasteiger charge is -2.36. The SMILES string of the molecule is CN1CC[C@H](c2cc(=O)[nH]o2)C[C@H]1Cc1ccc(C(C)(C)C)cc1. The molecular weight excluding hydrogens is 300 g/mol. The van der Waals surface area contributed by atoms with Crippen LogP contribution in [0.15, 0.2) is 39.6 Å². The largest absolute Gasteiger partial charge is 0.383 e. The van der Waals surface area contributed by atoms with Crippen molar-refractivity contribution in [3.63, 3.8) is 0 Å². The molecule has 24 heavy (non-hydrogen) atoms. The summed E-state index contributed by atoms with van der Waals surface area (Å²) in [5.74, 6) is 1.14. The van der Waals surface area contributed by atoms with E-state index in [0.29, 0.717) is 12.0 Å². The maximum Gasteiger partial charge on any atom is 0.280 e. The van der Waals surface area contributed by atoms with Gasteiger partial charge in [0, 0.05) is 18.0 Å². The van der Waals surface area contributed by atoms with E-state index in [0.717, 1.165) is 31.6 Å². The summed E-state index contributed by atoms with van der Waals surface area (Å²) >= 11 is 0. The van der Waals surface area contributed by atoms with Gasteiger partial charge in [0.15, 0.2) is 0 Å². The van der Waals surface area contributed by atoms with Gasteiger partial charge in [-0.1, -0.05) is 45.0 Å². The zero-order valence-electron chi connectivity index (χ0n) is 15.1. The first-order chi connectivity index (χ1) is 11.3. The predicted octanol–water partition coefficient (Wildman–Crippen LogP) is 3.69. The van der Waals surface area contributed by atoms with Crippen LogP contribution in [0.1, 0.15) is 56.4 Å². The van der Waals surface area contributed by atoms with E-state index in [2.05, 4.69) is 62.1 Å². The highest BCUT2D eigenvalue weighted by molar-refractivity contribution is 5.28. The molecule has 2 atom stereocenters. The lowest BCUT2D eigenvalue weighted by molar-refractivity contribution is 0.155. The summed E-state index contributed by atoms with van der Waals surface area (Å²) in [6, 6.07) is 11.1. The van der Waals surface area contributed by atoms with Crippen molar-refractivity contribution in [3.05, 3.63) is 57.6 Å². The van der Waals surface area contributed by atoms with Gasteiger partial charge in [0.2, 0.25) is 0 Å². The monoisotopic (exact) mass is 328 g/mol. The molecule has 0 unspecified atom stereocenters. The molecule has 1 aromatic carbocycles. The third kappa shape index (κ3) is 3.81. The first-order valence-electron chi connectivity index (χ1n) is 8.81. The molecule has 4 heteroatoms. The molecule has 0 saturated carbocycles. The van der Waals surface area contributed by atoms with E-state index in [1.54, 1.807) is 6.07 Å². The van der Waals surface area contributed by atoms with Crippen LogP contribution in [0.4, 0.5) is 0 Å². The zero-order valence-corrected chi connectivity index (χ0v) is 15.1. The van der Waals surface area contributed by atoms with E-state index < -0.39 is 0 Å². The van der Waals surface area contributed by atoms with E-state index >= 15 is 0 Å². The fourth-order valence-electron chi connectivity index (χ4n) is 3.58. The van der Waals surface area contributed by atoms with E-state index in [1.165, 1.54) is 11.1 Å². The molecule has 1 fully saturated rings. The number of nitrogens with one attached hydrogen (secondary N) is 1. The van der Waals surface area contributed by atoms with Crippen molar-refractivity contribution in [3.8, 4) is 0 Å². The predicted molar refractivity (Wildman–Crippen MR) is 96.6 cm³/mol. The molecular formula is C20H28N2O2. The normalized spacial score (nSPS) is 22.7. The molecule has 3 rings (SSSR count). The Morgan fingerprint density at radius 3 is 2.54 bits per heavy atom. The molecule has 0 radical (unpaired) electrons. The fourth-order valence-corrected chi connectivity index (χ4v) is 3.58. The number of rotatable bonds is 3. The summed E-state index contributed by atoms with van der Waals surface area (Å²) in [6.07, 6.45) is 3.10. The zero-order chi connectivity index (χ0) is 17.3. The maximum atomic E-state index is 11.3. The van der Waals surface area contributed by atoms with Crippen molar-refractivity contribution in [2.45, 2.75) is 57.4 Å². The second-order valence-corrected chi connectivity index (χ2v) is 8.12. The third-order valence-corrected chi connectivity index (χ3v) is 5.25. The Balaban J connectivity index is 1.70. The van der Waals surface area contributed by atoms with Crippen LogP contribution in [0.5, 0.6) is 0 Å². The Labute approximate surface area is 143 Å². The van der Waals surface area contributed by atoms with Crippen molar-refractivity contribution < 1.29 is 4.52 Å². The number of piperidine rings is 1. The topological polar surface area (TPSA) is 49.2 Å². The third-order valence-electron chi connectivity index (χ3n) is 5.25. The number of hydrogen-bond donors (Lipinski definition) is 1. The van der Waals surface area contributed by atoms with E-state index in [9.17, 15) is 4.79 Å². The number of benzene rings is 1. The average Bonchev–Trinajstić information content (AvgIpc) is 2.96. The molecule has 1 N–H and O–H groups in total. The van der Waals surface area contributed by atoms with Crippen molar-refractivity contribution in [2.24, 2.45) is 0 Å². The minimum absolute atomic E-state index is 0.141. The maximum absolute atomic E-state index is 11.3. The quantitative estimate of drug-likeness (QED) is 0.935. The summed E-state index contributed by atoms with van der Waals surface area (Å²) in [6.45, 7) is 7.76. The van der Waals surface area contributed by atoms with Crippen LogP contribution in [0.2, 0.25) is 0 Å². The molecule has 0 aliphatic carbocycles. The average molecular weight is 328 g/mol. The van der Waals surface area contributed by atoms with Gasteiger partial charge >= 0.3 is 0 Å². The lowest BCUT2D eigenvalue weighted by Crippen LogP contribution is -2.40. The van der Waals surface area contributed by atoms with Gasteiger partial charge in [-0.25, -0.2) is 0 Å². The first-order valence-corrected chi connectivity index (χ1v) is 8.81. The Morgan fingerprint density at radius 2 is 1.96 bits per heavy atom. The summed E-state index contributed by atoms with van der Waals surface area (Å²) in [5.41, 5.74) is 2.79. The Morgan fingerprint density at radius 1 is 1.25 bits per heavy atom. The Hall–Kier alpha value is -1.81. The number of aromatic nitrogens is 1. The van der Waals surface area contributed by atoms with Crippen molar-refractivity contribution in [1.29, 1.82) is 0 Å². The van der Waals surface area contributed by atoms with Crippen LogP contribution < -0.4 is 5.56 Å². The molecule has 1 saturated heterocycles. The van der Waals surface area contributed by atoms with Gasteiger partial charge < -0.3 is 9.42 Å². The van der Waals surface area contributed by atoms with Crippen molar-refractivity contribution >= 4 is 0 Å². The first kappa shape index (κ1) is 17.0. The van der Waals surface area contributed by atoms with E-state index in [4.69, 9.17) is 4.52 Å². The molecule has 1 aliphatic rings. The van der Waals surface area contributed by atoms with Crippen LogP contribution in [-0.4, -0.2) is 29.7 Å². The molecule has 0 bridgehead atoms.